The van der Waals surface area contributed by atoms with Crippen molar-refractivity contribution in [2.45, 2.75) is 20.8 Å². The van der Waals surface area contributed by atoms with Crippen LogP contribution in [0.3, 0.4) is 0 Å². The monoisotopic (exact) mass is 347 g/mol. The maximum atomic E-state index is 5.63. The molecule has 21 heavy (non-hydrogen) atoms. The molecule has 0 saturated carbocycles. The topological polar surface area (TPSA) is 63.6 Å². The average molecular weight is 349 g/mol. The summed E-state index contributed by atoms with van der Waals surface area (Å²) in [5.74, 6) is 0.773. The summed E-state index contributed by atoms with van der Waals surface area (Å²) in [6, 6.07) is 3.37. The Balaban J connectivity index is 0.000000235. The van der Waals surface area contributed by atoms with Crippen molar-refractivity contribution in [2.75, 3.05) is 11.9 Å². The van der Waals surface area contributed by atoms with E-state index in [9.17, 15) is 0 Å². The highest BCUT2D eigenvalue weighted by Crippen LogP contribution is 2.14. The van der Waals surface area contributed by atoms with Gasteiger partial charge in [-0.15, -0.1) is 0 Å². The third-order valence-corrected chi connectivity index (χ3v) is 2.59. The lowest BCUT2D eigenvalue weighted by Gasteiger charge is -2.18. The van der Waals surface area contributed by atoms with Crippen LogP contribution in [0.2, 0.25) is 15.7 Å². The molecular formula is C13H16Cl3N5. The zero-order chi connectivity index (χ0) is 15.9. The van der Waals surface area contributed by atoms with E-state index in [2.05, 4.69) is 46.0 Å². The summed E-state index contributed by atoms with van der Waals surface area (Å²) in [6.07, 6.45) is 3.14. The van der Waals surface area contributed by atoms with Gasteiger partial charge >= 0.3 is 0 Å². The highest BCUT2D eigenvalue weighted by Gasteiger charge is 2.09. The summed E-state index contributed by atoms with van der Waals surface area (Å²) in [5.41, 5.74) is 0.234. The van der Waals surface area contributed by atoms with Gasteiger partial charge in [0, 0.05) is 18.9 Å². The molecule has 0 unspecified atom stereocenters. The SMILES string of the molecule is CC(C)(C)CNc1ccnc(Cl)n1.Clc1ccnc(Cl)n1. The molecule has 0 bridgehead atoms. The van der Waals surface area contributed by atoms with Crippen molar-refractivity contribution in [3.63, 3.8) is 0 Å². The van der Waals surface area contributed by atoms with Gasteiger partial charge in [-0.3, -0.25) is 0 Å². The van der Waals surface area contributed by atoms with E-state index in [1.165, 1.54) is 6.20 Å². The minimum Gasteiger partial charge on any atom is -0.369 e. The van der Waals surface area contributed by atoms with Crippen molar-refractivity contribution < 1.29 is 0 Å². The molecule has 0 aliphatic heterocycles. The maximum absolute atomic E-state index is 5.63. The summed E-state index contributed by atoms with van der Waals surface area (Å²) in [7, 11) is 0. The Morgan fingerprint density at radius 3 is 1.95 bits per heavy atom. The predicted octanol–water partition coefficient (Wildman–Crippen LogP) is 4.37. The fourth-order valence-electron chi connectivity index (χ4n) is 1.10. The van der Waals surface area contributed by atoms with Gasteiger partial charge in [-0.2, -0.15) is 0 Å². The lowest BCUT2D eigenvalue weighted by Crippen LogP contribution is -2.19. The van der Waals surface area contributed by atoms with Crippen molar-refractivity contribution in [3.05, 3.63) is 40.2 Å². The van der Waals surface area contributed by atoms with E-state index in [-0.39, 0.29) is 16.0 Å². The van der Waals surface area contributed by atoms with Crippen LogP contribution in [0, 0.1) is 5.41 Å². The van der Waals surface area contributed by atoms with E-state index in [4.69, 9.17) is 34.8 Å². The predicted molar refractivity (Wildman–Crippen MR) is 87.0 cm³/mol. The van der Waals surface area contributed by atoms with Crippen molar-refractivity contribution >= 4 is 40.6 Å². The molecule has 0 aromatic carbocycles. The van der Waals surface area contributed by atoms with E-state index in [1.807, 2.05) is 0 Å². The molecule has 0 radical (unpaired) electrons. The molecular weight excluding hydrogens is 333 g/mol. The van der Waals surface area contributed by atoms with Gasteiger partial charge in [-0.05, 0) is 40.7 Å². The van der Waals surface area contributed by atoms with E-state index >= 15 is 0 Å². The Hall–Kier alpha value is -1.17. The van der Waals surface area contributed by atoms with Gasteiger partial charge in [0.15, 0.2) is 0 Å². The van der Waals surface area contributed by atoms with Crippen LogP contribution in [0.15, 0.2) is 24.5 Å². The van der Waals surface area contributed by atoms with Gasteiger partial charge in [0.05, 0.1) is 0 Å². The molecule has 0 fully saturated rings. The molecule has 0 aliphatic carbocycles. The lowest BCUT2D eigenvalue weighted by molar-refractivity contribution is 0.442. The highest BCUT2D eigenvalue weighted by atomic mass is 35.5. The number of rotatable bonds is 2. The van der Waals surface area contributed by atoms with Crippen LogP contribution in [0.25, 0.3) is 0 Å². The third-order valence-electron chi connectivity index (χ3n) is 2.02. The van der Waals surface area contributed by atoms with E-state index in [0.717, 1.165) is 12.4 Å². The molecule has 0 aliphatic rings. The normalized spacial score (nSPS) is 10.6. The molecule has 2 aromatic heterocycles. The van der Waals surface area contributed by atoms with Crippen LogP contribution in [0.4, 0.5) is 5.82 Å². The maximum Gasteiger partial charge on any atom is 0.224 e. The van der Waals surface area contributed by atoms with E-state index < -0.39 is 0 Å². The zero-order valence-corrected chi connectivity index (χ0v) is 14.2. The van der Waals surface area contributed by atoms with Crippen molar-refractivity contribution in [3.8, 4) is 0 Å². The molecule has 2 heterocycles. The van der Waals surface area contributed by atoms with Crippen LogP contribution in [-0.4, -0.2) is 26.5 Å². The molecule has 2 rings (SSSR count). The van der Waals surface area contributed by atoms with Crippen molar-refractivity contribution in [1.82, 2.24) is 19.9 Å². The summed E-state index contributed by atoms with van der Waals surface area (Å²) < 4.78 is 0. The fourth-order valence-corrected chi connectivity index (χ4v) is 1.58. The fraction of sp³-hybridized carbons (Fsp3) is 0.385. The van der Waals surface area contributed by atoms with Crippen LogP contribution in [0.5, 0.6) is 0 Å². The number of nitrogens with one attached hydrogen (secondary N) is 1. The summed E-state index contributed by atoms with van der Waals surface area (Å²) in [5, 5.41) is 4.01. The Kier molecular flexibility index (Phi) is 7.08. The van der Waals surface area contributed by atoms with Crippen molar-refractivity contribution in [1.29, 1.82) is 0 Å². The quantitative estimate of drug-likeness (QED) is 0.645. The Bertz CT molecular complexity index is 554. The molecule has 0 amide bonds. The van der Waals surface area contributed by atoms with Crippen LogP contribution < -0.4 is 5.32 Å². The second kappa shape index (κ2) is 8.32. The number of halogens is 3. The van der Waals surface area contributed by atoms with Crippen molar-refractivity contribution in [2.24, 2.45) is 5.41 Å². The molecule has 5 nitrogen and oxygen atoms in total. The molecule has 0 saturated heterocycles. The van der Waals surface area contributed by atoms with Gasteiger partial charge in [0.25, 0.3) is 0 Å². The van der Waals surface area contributed by atoms with Gasteiger partial charge in [0.2, 0.25) is 10.6 Å². The number of anilines is 1. The third kappa shape index (κ3) is 8.65. The molecule has 0 spiro atoms. The standard InChI is InChI=1S/C9H14ClN3.C4H2Cl2N2/c1-9(2,3)6-12-7-4-5-11-8(10)13-7;5-3-1-2-7-4(6)8-3/h4-5H,6H2,1-3H3,(H,11,12,13);1-2H. The first kappa shape index (κ1) is 17.9. The Morgan fingerprint density at radius 2 is 1.52 bits per heavy atom. The van der Waals surface area contributed by atoms with E-state index in [1.54, 1.807) is 18.3 Å². The van der Waals surface area contributed by atoms with Gasteiger partial charge in [-0.1, -0.05) is 32.4 Å². The molecule has 0 atom stereocenters. The number of hydrogen-bond acceptors (Lipinski definition) is 5. The van der Waals surface area contributed by atoms with Gasteiger partial charge < -0.3 is 5.32 Å². The van der Waals surface area contributed by atoms with Gasteiger partial charge in [-0.25, -0.2) is 19.9 Å². The minimum atomic E-state index is 0.178. The molecule has 2 aromatic rings. The number of nitrogens with zero attached hydrogens (tertiary/aromatic N) is 4. The first-order valence-corrected chi connectivity index (χ1v) is 7.26. The van der Waals surface area contributed by atoms with Crippen LogP contribution in [0.1, 0.15) is 20.8 Å². The molecule has 114 valence electrons. The zero-order valence-electron chi connectivity index (χ0n) is 11.9. The average Bonchev–Trinajstić information content (AvgIpc) is 2.36. The second-order valence-electron chi connectivity index (χ2n) is 5.27. The lowest BCUT2D eigenvalue weighted by atomic mass is 9.97. The smallest absolute Gasteiger partial charge is 0.224 e. The first-order valence-electron chi connectivity index (χ1n) is 6.13. The first-order chi connectivity index (χ1) is 9.76. The second-order valence-corrected chi connectivity index (χ2v) is 6.34. The Morgan fingerprint density at radius 1 is 0.952 bits per heavy atom. The summed E-state index contributed by atoms with van der Waals surface area (Å²) >= 11 is 16.4. The van der Waals surface area contributed by atoms with E-state index in [0.29, 0.717) is 5.15 Å². The van der Waals surface area contributed by atoms with Crippen LogP contribution in [-0.2, 0) is 0 Å². The number of hydrogen-bond donors (Lipinski definition) is 1. The summed E-state index contributed by atoms with van der Waals surface area (Å²) in [6.45, 7) is 7.33. The Labute approximate surface area is 139 Å². The number of aromatic nitrogens is 4. The largest absolute Gasteiger partial charge is 0.369 e. The summed E-state index contributed by atoms with van der Waals surface area (Å²) in [4.78, 5) is 15.0. The minimum absolute atomic E-state index is 0.178. The van der Waals surface area contributed by atoms with Gasteiger partial charge in [0.1, 0.15) is 11.0 Å². The highest BCUT2D eigenvalue weighted by molar-refractivity contribution is 6.31. The van der Waals surface area contributed by atoms with Crippen LogP contribution >= 0.6 is 34.8 Å². The molecule has 1 N–H and O–H groups in total. The molecule has 8 heteroatoms.